The van der Waals surface area contributed by atoms with Crippen molar-refractivity contribution in [3.8, 4) is 0 Å². The van der Waals surface area contributed by atoms with Gasteiger partial charge in [0.25, 0.3) is 0 Å². The van der Waals surface area contributed by atoms with Gasteiger partial charge in [-0.15, -0.1) is 0 Å². The van der Waals surface area contributed by atoms with E-state index in [-0.39, 0.29) is 6.04 Å². The van der Waals surface area contributed by atoms with Gasteiger partial charge in [-0.25, -0.2) is 0 Å². The Kier molecular flexibility index (Phi) is 3.89. The van der Waals surface area contributed by atoms with E-state index >= 15 is 0 Å². The van der Waals surface area contributed by atoms with Gasteiger partial charge in [0.15, 0.2) is 0 Å². The number of nitrogens with one attached hydrogen (secondary N) is 1. The van der Waals surface area contributed by atoms with Gasteiger partial charge in [-0.3, -0.25) is 4.98 Å². The van der Waals surface area contributed by atoms with Crippen molar-refractivity contribution < 1.29 is 4.42 Å². The lowest BCUT2D eigenvalue weighted by Crippen LogP contribution is -2.18. The van der Waals surface area contributed by atoms with Crippen molar-refractivity contribution >= 4 is 34.2 Å². The predicted molar refractivity (Wildman–Crippen MR) is 86.1 cm³/mol. The molecule has 0 aliphatic rings. The predicted octanol–water partition coefficient (Wildman–Crippen LogP) is 4.75. The second-order valence-corrected chi connectivity index (χ2v) is 5.78. The molecule has 0 saturated carbocycles. The van der Waals surface area contributed by atoms with Gasteiger partial charge in [0.2, 0.25) is 0 Å². The van der Waals surface area contributed by atoms with Crippen molar-refractivity contribution in [3.05, 3.63) is 63.6 Å². The van der Waals surface area contributed by atoms with Crippen LogP contribution in [0.4, 0.5) is 0 Å². The van der Waals surface area contributed by atoms with Gasteiger partial charge < -0.3 is 9.73 Å². The zero-order valence-electron chi connectivity index (χ0n) is 11.7. The number of hydrogen-bond acceptors (Lipinski definition) is 3. The second-order valence-electron chi connectivity index (χ2n) is 4.93. The molecular weight excluding hydrogens is 307 g/mol. The molecule has 1 N–H and O–H groups in total. The fourth-order valence-corrected chi connectivity index (χ4v) is 2.87. The molecular formula is C16H14Cl2N2O. The lowest BCUT2D eigenvalue weighted by molar-refractivity contribution is 0.486. The van der Waals surface area contributed by atoms with E-state index in [0.717, 1.165) is 16.7 Å². The lowest BCUT2D eigenvalue weighted by atomic mass is 10.1. The maximum atomic E-state index is 6.25. The summed E-state index contributed by atoms with van der Waals surface area (Å²) in [5.74, 6) is 0.773. The molecule has 3 aromatic rings. The number of halogens is 2. The molecule has 3 nitrogen and oxygen atoms in total. The number of aryl methyl sites for hydroxylation is 1. The minimum atomic E-state index is -0.220. The smallest absolute Gasteiger partial charge is 0.134 e. The molecule has 1 atom stereocenters. The molecule has 1 aromatic carbocycles. The maximum Gasteiger partial charge on any atom is 0.134 e. The van der Waals surface area contributed by atoms with Crippen molar-refractivity contribution in [1.82, 2.24) is 10.3 Å². The summed E-state index contributed by atoms with van der Waals surface area (Å²) in [5, 5.41) is 5.28. The number of aromatic nitrogens is 1. The highest BCUT2D eigenvalue weighted by Gasteiger charge is 2.21. The molecule has 108 valence electrons. The summed E-state index contributed by atoms with van der Waals surface area (Å²) in [7, 11) is 1.84. The summed E-state index contributed by atoms with van der Waals surface area (Å²) < 4.78 is 5.92. The second kappa shape index (κ2) is 5.68. The third-order valence-corrected chi connectivity index (χ3v) is 3.88. The van der Waals surface area contributed by atoms with Crippen molar-refractivity contribution in [1.29, 1.82) is 0 Å². The van der Waals surface area contributed by atoms with Gasteiger partial charge in [0.1, 0.15) is 17.4 Å². The first-order valence-electron chi connectivity index (χ1n) is 6.57. The summed E-state index contributed by atoms with van der Waals surface area (Å²) in [6, 6.07) is 9.56. The van der Waals surface area contributed by atoms with Crippen LogP contribution in [0.3, 0.4) is 0 Å². The molecule has 0 fully saturated rings. The van der Waals surface area contributed by atoms with E-state index in [1.165, 1.54) is 5.56 Å². The summed E-state index contributed by atoms with van der Waals surface area (Å²) in [5.41, 5.74) is 2.73. The lowest BCUT2D eigenvalue weighted by Gasteiger charge is -2.14. The molecule has 0 spiro atoms. The van der Waals surface area contributed by atoms with E-state index in [4.69, 9.17) is 27.6 Å². The Balaban J connectivity index is 2.09. The summed E-state index contributed by atoms with van der Waals surface area (Å²) in [4.78, 5) is 4.33. The molecule has 1 unspecified atom stereocenters. The number of pyridine rings is 1. The van der Waals surface area contributed by atoms with Crippen molar-refractivity contribution in [2.45, 2.75) is 13.0 Å². The van der Waals surface area contributed by atoms with E-state index in [1.54, 1.807) is 12.3 Å². The zero-order chi connectivity index (χ0) is 15.0. The van der Waals surface area contributed by atoms with Crippen LogP contribution in [-0.2, 0) is 0 Å². The van der Waals surface area contributed by atoms with Crippen LogP contribution in [0.2, 0.25) is 10.0 Å². The molecule has 2 heterocycles. The summed E-state index contributed by atoms with van der Waals surface area (Å²) >= 11 is 12.1. The Morgan fingerprint density at radius 3 is 2.71 bits per heavy atom. The average molecular weight is 321 g/mol. The van der Waals surface area contributed by atoms with E-state index < -0.39 is 0 Å². The standard InChI is InChI=1S/C16H14Cl2N2O/c1-9-3-4-13-10(5-9)6-14(21-13)16(19-2)15-12(18)7-11(17)8-20-15/h3-8,16,19H,1-2H3. The monoisotopic (exact) mass is 320 g/mol. The molecule has 5 heteroatoms. The SMILES string of the molecule is CNC(c1cc2cc(C)ccc2o1)c1ncc(Cl)cc1Cl. The summed E-state index contributed by atoms with van der Waals surface area (Å²) in [6.45, 7) is 2.05. The van der Waals surface area contributed by atoms with Crippen LogP contribution in [0.25, 0.3) is 11.0 Å². The normalized spacial score (nSPS) is 12.8. The van der Waals surface area contributed by atoms with Crippen molar-refractivity contribution in [2.24, 2.45) is 0 Å². The van der Waals surface area contributed by atoms with Crippen LogP contribution in [-0.4, -0.2) is 12.0 Å². The van der Waals surface area contributed by atoms with E-state index in [0.29, 0.717) is 15.7 Å². The van der Waals surface area contributed by atoms with Gasteiger partial charge in [-0.2, -0.15) is 0 Å². The molecule has 3 rings (SSSR count). The number of benzene rings is 1. The van der Waals surface area contributed by atoms with Gasteiger partial charge >= 0.3 is 0 Å². The van der Waals surface area contributed by atoms with Crippen LogP contribution < -0.4 is 5.32 Å². The quantitative estimate of drug-likeness (QED) is 0.756. The highest BCUT2D eigenvalue weighted by molar-refractivity contribution is 6.34. The third-order valence-electron chi connectivity index (χ3n) is 3.37. The van der Waals surface area contributed by atoms with Gasteiger partial charge in [-0.1, -0.05) is 34.8 Å². The van der Waals surface area contributed by atoms with Crippen LogP contribution >= 0.6 is 23.2 Å². The number of rotatable bonds is 3. The summed E-state index contributed by atoms with van der Waals surface area (Å²) in [6.07, 6.45) is 1.58. The van der Waals surface area contributed by atoms with E-state index in [1.807, 2.05) is 25.2 Å². The minimum absolute atomic E-state index is 0.220. The first-order valence-corrected chi connectivity index (χ1v) is 7.32. The molecule has 0 amide bonds. The number of fused-ring (bicyclic) bond motifs is 1. The van der Waals surface area contributed by atoms with Crippen LogP contribution in [0, 0.1) is 6.92 Å². The minimum Gasteiger partial charge on any atom is -0.459 e. The fraction of sp³-hybridized carbons (Fsp3) is 0.188. The van der Waals surface area contributed by atoms with Crippen LogP contribution in [0.15, 0.2) is 40.9 Å². The average Bonchev–Trinajstić information content (AvgIpc) is 2.84. The van der Waals surface area contributed by atoms with Crippen molar-refractivity contribution in [3.63, 3.8) is 0 Å². The first-order chi connectivity index (χ1) is 10.1. The maximum absolute atomic E-state index is 6.25. The molecule has 21 heavy (non-hydrogen) atoms. The van der Waals surface area contributed by atoms with Gasteiger partial charge in [-0.05, 0) is 38.2 Å². The largest absolute Gasteiger partial charge is 0.459 e. The van der Waals surface area contributed by atoms with Crippen LogP contribution in [0.5, 0.6) is 0 Å². The Hall–Kier alpha value is -1.55. The fourth-order valence-electron chi connectivity index (χ4n) is 2.38. The highest BCUT2D eigenvalue weighted by atomic mass is 35.5. The van der Waals surface area contributed by atoms with Crippen LogP contribution in [0.1, 0.15) is 23.1 Å². The first kappa shape index (κ1) is 14.4. The molecule has 0 bridgehead atoms. The Morgan fingerprint density at radius 1 is 1.19 bits per heavy atom. The zero-order valence-corrected chi connectivity index (χ0v) is 13.2. The molecule has 0 aliphatic carbocycles. The third kappa shape index (κ3) is 2.77. The topological polar surface area (TPSA) is 38.1 Å². The van der Waals surface area contributed by atoms with Crippen molar-refractivity contribution in [2.75, 3.05) is 7.05 Å². The van der Waals surface area contributed by atoms with E-state index in [9.17, 15) is 0 Å². The Bertz CT molecular complexity index is 798. The highest BCUT2D eigenvalue weighted by Crippen LogP contribution is 2.31. The molecule has 0 radical (unpaired) electrons. The number of furan rings is 1. The molecule has 2 aromatic heterocycles. The van der Waals surface area contributed by atoms with Gasteiger partial charge in [0, 0.05) is 11.6 Å². The number of hydrogen-bond donors (Lipinski definition) is 1. The van der Waals surface area contributed by atoms with Gasteiger partial charge in [0.05, 0.1) is 15.7 Å². The Labute approximate surface area is 132 Å². The number of nitrogens with zero attached hydrogens (tertiary/aromatic N) is 1. The Morgan fingerprint density at radius 2 is 2.00 bits per heavy atom. The molecule has 0 aliphatic heterocycles. The molecule has 0 saturated heterocycles. The van der Waals surface area contributed by atoms with E-state index in [2.05, 4.69) is 23.3 Å².